The van der Waals surface area contributed by atoms with Crippen molar-refractivity contribution < 1.29 is 4.74 Å². The highest BCUT2D eigenvalue weighted by Crippen LogP contribution is 2.24. The molecule has 1 aromatic heterocycles. The van der Waals surface area contributed by atoms with Gasteiger partial charge in [-0.25, -0.2) is 0 Å². The maximum absolute atomic E-state index is 5.70. The minimum atomic E-state index is 0.755. The molecule has 0 spiro atoms. The number of benzene rings is 1. The third-order valence-corrected chi connectivity index (χ3v) is 3.33. The van der Waals surface area contributed by atoms with Gasteiger partial charge in [-0.05, 0) is 36.4 Å². The average molecular weight is 246 g/mol. The van der Waals surface area contributed by atoms with Crippen LogP contribution in [0.25, 0.3) is 0 Å². The van der Waals surface area contributed by atoms with Gasteiger partial charge in [-0.3, -0.25) is 4.98 Å². The number of hydrogen-bond donors (Lipinski definition) is 1. The molecule has 0 unspecified atom stereocenters. The van der Waals surface area contributed by atoms with Crippen molar-refractivity contribution in [3.8, 4) is 5.75 Å². The first-order valence-electron chi connectivity index (χ1n) is 5.25. The average Bonchev–Trinajstić information content (AvgIpc) is 2.37. The molecule has 0 amide bonds. The Morgan fingerprint density at radius 1 is 1.24 bits per heavy atom. The number of hydrogen-bond acceptors (Lipinski definition) is 4. The molecule has 3 nitrogen and oxygen atoms in total. The van der Waals surface area contributed by atoms with Crippen LogP contribution in [0.1, 0.15) is 5.69 Å². The second kappa shape index (κ2) is 5.59. The largest absolute Gasteiger partial charge is 0.497 e. The van der Waals surface area contributed by atoms with Crippen LogP contribution in [-0.2, 0) is 5.75 Å². The van der Waals surface area contributed by atoms with Gasteiger partial charge in [-0.2, -0.15) is 0 Å². The third-order valence-electron chi connectivity index (χ3n) is 2.29. The first-order chi connectivity index (χ1) is 8.28. The summed E-state index contributed by atoms with van der Waals surface area (Å²) in [6.07, 6.45) is 1.74. The SMILES string of the molecule is COc1ccc(SCc2cc(N)ccn2)cc1. The molecule has 1 aromatic carbocycles. The maximum Gasteiger partial charge on any atom is 0.118 e. The van der Waals surface area contributed by atoms with Crippen LogP contribution in [0.15, 0.2) is 47.5 Å². The van der Waals surface area contributed by atoms with Crippen molar-refractivity contribution in [3.63, 3.8) is 0 Å². The molecule has 2 N–H and O–H groups in total. The van der Waals surface area contributed by atoms with E-state index in [1.54, 1.807) is 31.1 Å². The number of nitrogens with zero attached hydrogens (tertiary/aromatic N) is 1. The molecule has 4 heteroatoms. The highest BCUT2D eigenvalue weighted by Gasteiger charge is 1.98. The number of anilines is 1. The highest BCUT2D eigenvalue weighted by molar-refractivity contribution is 7.98. The minimum absolute atomic E-state index is 0.755. The van der Waals surface area contributed by atoms with Crippen LogP contribution >= 0.6 is 11.8 Å². The minimum Gasteiger partial charge on any atom is -0.497 e. The zero-order valence-corrected chi connectivity index (χ0v) is 10.4. The standard InChI is InChI=1S/C13H14N2OS/c1-16-12-2-4-13(5-3-12)17-9-11-8-10(14)6-7-15-11/h2-8H,9H2,1H3,(H2,14,15). The summed E-state index contributed by atoms with van der Waals surface area (Å²) in [4.78, 5) is 5.45. The van der Waals surface area contributed by atoms with Gasteiger partial charge in [-0.1, -0.05) is 0 Å². The Morgan fingerprint density at radius 2 is 2.00 bits per heavy atom. The summed E-state index contributed by atoms with van der Waals surface area (Å²) in [7, 11) is 1.67. The fraction of sp³-hybridized carbons (Fsp3) is 0.154. The molecule has 1 heterocycles. The van der Waals surface area contributed by atoms with Gasteiger partial charge in [0.15, 0.2) is 0 Å². The lowest BCUT2D eigenvalue weighted by Crippen LogP contribution is -1.90. The number of rotatable bonds is 4. The van der Waals surface area contributed by atoms with E-state index < -0.39 is 0 Å². The lowest BCUT2D eigenvalue weighted by atomic mass is 10.3. The predicted octanol–water partition coefficient (Wildman–Crippen LogP) is 2.96. The summed E-state index contributed by atoms with van der Waals surface area (Å²) >= 11 is 1.73. The molecular weight excluding hydrogens is 232 g/mol. The summed E-state index contributed by atoms with van der Waals surface area (Å²) in [5.41, 5.74) is 7.45. The second-order valence-electron chi connectivity index (χ2n) is 3.54. The number of aromatic nitrogens is 1. The Labute approximate surface area is 105 Å². The van der Waals surface area contributed by atoms with Crippen LogP contribution in [0.5, 0.6) is 5.75 Å². The van der Waals surface area contributed by atoms with Crippen LogP contribution in [0.4, 0.5) is 5.69 Å². The van der Waals surface area contributed by atoms with Crippen LogP contribution < -0.4 is 10.5 Å². The quantitative estimate of drug-likeness (QED) is 0.843. The van der Waals surface area contributed by atoms with Crippen molar-refractivity contribution in [1.82, 2.24) is 4.98 Å². The lowest BCUT2D eigenvalue weighted by molar-refractivity contribution is 0.414. The van der Waals surface area contributed by atoms with Gasteiger partial charge in [0.1, 0.15) is 5.75 Å². The van der Waals surface area contributed by atoms with E-state index in [2.05, 4.69) is 4.98 Å². The smallest absolute Gasteiger partial charge is 0.118 e. The molecule has 2 rings (SSSR count). The molecule has 88 valence electrons. The van der Waals surface area contributed by atoms with E-state index in [0.717, 1.165) is 22.9 Å². The Balaban J connectivity index is 1.97. The Hall–Kier alpha value is -1.68. The maximum atomic E-state index is 5.70. The second-order valence-corrected chi connectivity index (χ2v) is 4.59. The molecule has 0 aliphatic carbocycles. The summed E-state index contributed by atoms with van der Waals surface area (Å²) in [5, 5.41) is 0. The van der Waals surface area contributed by atoms with Gasteiger partial charge >= 0.3 is 0 Å². The zero-order valence-electron chi connectivity index (χ0n) is 9.59. The number of methoxy groups -OCH3 is 1. The van der Waals surface area contributed by atoms with E-state index in [1.807, 2.05) is 30.3 Å². The molecule has 0 saturated carbocycles. The molecule has 0 aliphatic heterocycles. The molecular formula is C13H14N2OS. The molecule has 0 radical (unpaired) electrons. The monoisotopic (exact) mass is 246 g/mol. The van der Waals surface area contributed by atoms with E-state index in [4.69, 9.17) is 10.5 Å². The first-order valence-corrected chi connectivity index (χ1v) is 6.24. The van der Waals surface area contributed by atoms with Crippen molar-refractivity contribution in [2.24, 2.45) is 0 Å². The molecule has 0 bridgehead atoms. The summed E-state index contributed by atoms with van der Waals surface area (Å²) in [6.45, 7) is 0. The topological polar surface area (TPSA) is 48.1 Å². The van der Waals surface area contributed by atoms with Crippen molar-refractivity contribution in [2.75, 3.05) is 12.8 Å². The van der Waals surface area contributed by atoms with Crippen molar-refractivity contribution in [1.29, 1.82) is 0 Å². The third kappa shape index (κ3) is 3.39. The van der Waals surface area contributed by atoms with Crippen LogP contribution in [0.3, 0.4) is 0 Å². The van der Waals surface area contributed by atoms with Gasteiger partial charge in [0.05, 0.1) is 12.8 Å². The summed E-state index contributed by atoms with van der Waals surface area (Å²) in [5.74, 6) is 1.69. The number of ether oxygens (including phenoxy) is 1. The molecule has 17 heavy (non-hydrogen) atoms. The van der Waals surface area contributed by atoms with Crippen molar-refractivity contribution >= 4 is 17.4 Å². The van der Waals surface area contributed by atoms with Gasteiger partial charge in [0.25, 0.3) is 0 Å². The van der Waals surface area contributed by atoms with Crippen molar-refractivity contribution in [2.45, 2.75) is 10.6 Å². The van der Waals surface area contributed by atoms with Gasteiger partial charge in [0.2, 0.25) is 0 Å². The molecule has 0 atom stereocenters. The zero-order chi connectivity index (χ0) is 12.1. The molecule has 0 fully saturated rings. The Kier molecular flexibility index (Phi) is 3.88. The van der Waals surface area contributed by atoms with Crippen LogP contribution in [-0.4, -0.2) is 12.1 Å². The molecule has 0 saturated heterocycles. The Morgan fingerprint density at radius 3 is 2.65 bits per heavy atom. The predicted molar refractivity (Wildman–Crippen MR) is 71.2 cm³/mol. The van der Waals surface area contributed by atoms with Gasteiger partial charge < -0.3 is 10.5 Å². The Bertz CT molecular complexity index is 485. The van der Waals surface area contributed by atoms with Gasteiger partial charge in [0, 0.05) is 22.5 Å². The normalized spacial score (nSPS) is 10.2. The lowest BCUT2D eigenvalue weighted by Gasteiger charge is -2.03. The number of nitrogens with two attached hydrogens (primary N) is 1. The number of pyridine rings is 1. The fourth-order valence-electron chi connectivity index (χ4n) is 1.41. The van der Waals surface area contributed by atoms with Gasteiger partial charge in [-0.15, -0.1) is 11.8 Å². The van der Waals surface area contributed by atoms with Crippen molar-refractivity contribution in [3.05, 3.63) is 48.3 Å². The fourth-order valence-corrected chi connectivity index (χ4v) is 2.21. The van der Waals surface area contributed by atoms with E-state index in [-0.39, 0.29) is 0 Å². The number of nitrogen functional groups attached to an aromatic ring is 1. The highest BCUT2D eigenvalue weighted by atomic mass is 32.2. The summed E-state index contributed by atoms with van der Waals surface area (Å²) < 4.78 is 5.11. The van der Waals surface area contributed by atoms with E-state index in [1.165, 1.54) is 4.90 Å². The number of thioether (sulfide) groups is 1. The van der Waals surface area contributed by atoms with Crippen LogP contribution in [0.2, 0.25) is 0 Å². The van der Waals surface area contributed by atoms with E-state index >= 15 is 0 Å². The van der Waals surface area contributed by atoms with Crippen LogP contribution in [0, 0.1) is 0 Å². The molecule has 2 aromatic rings. The van der Waals surface area contributed by atoms with E-state index in [9.17, 15) is 0 Å². The summed E-state index contributed by atoms with van der Waals surface area (Å²) in [6, 6.07) is 11.7. The first kappa shape index (κ1) is 11.8. The van der Waals surface area contributed by atoms with E-state index in [0.29, 0.717) is 0 Å². The molecule has 0 aliphatic rings.